The van der Waals surface area contributed by atoms with Gasteiger partial charge in [0, 0.05) is 23.5 Å². The summed E-state index contributed by atoms with van der Waals surface area (Å²) >= 11 is 0. The van der Waals surface area contributed by atoms with E-state index in [2.05, 4.69) is 4.98 Å². The normalized spacial score (nSPS) is 11.6. The van der Waals surface area contributed by atoms with Crippen molar-refractivity contribution in [2.75, 3.05) is 5.73 Å². The van der Waals surface area contributed by atoms with Gasteiger partial charge in [-0.3, -0.25) is 4.98 Å². The fraction of sp³-hybridized carbons (Fsp3) is 0.0833. The molecule has 0 spiro atoms. The number of aromatic nitrogens is 1. The van der Waals surface area contributed by atoms with E-state index in [-0.39, 0.29) is 16.8 Å². The summed E-state index contributed by atoms with van der Waals surface area (Å²) in [6.07, 6.45) is -2.49. The van der Waals surface area contributed by atoms with Crippen molar-refractivity contribution in [1.29, 1.82) is 0 Å². The maximum absolute atomic E-state index is 13.3. The zero-order valence-corrected chi connectivity index (χ0v) is 9.00. The maximum Gasteiger partial charge on any atom is 0.417 e. The van der Waals surface area contributed by atoms with Crippen LogP contribution >= 0.6 is 0 Å². The zero-order valence-electron chi connectivity index (χ0n) is 9.00. The quantitative estimate of drug-likeness (QED) is 0.626. The van der Waals surface area contributed by atoms with Crippen molar-refractivity contribution in [2.24, 2.45) is 0 Å². The van der Waals surface area contributed by atoms with Crippen LogP contribution in [0.1, 0.15) is 5.56 Å². The van der Waals surface area contributed by atoms with Crippen molar-refractivity contribution in [3.63, 3.8) is 0 Å². The number of nitrogen functional groups attached to an aromatic ring is 1. The third-order valence-electron chi connectivity index (χ3n) is 2.47. The van der Waals surface area contributed by atoms with E-state index in [4.69, 9.17) is 5.73 Å². The first-order valence-corrected chi connectivity index (χ1v) is 4.97. The van der Waals surface area contributed by atoms with E-state index in [1.807, 2.05) is 0 Å². The number of rotatable bonds is 1. The van der Waals surface area contributed by atoms with Gasteiger partial charge >= 0.3 is 6.18 Å². The van der Waals surface area contributed by atoms with Crippen LogP contribution in [-0.2, 0) is 6.18 Å². The highest BCUT2D eigenvalue weighted by Crippen LogP contribution is 2.38. The highest BCUT2D eigenvalue weighted by molar-refractivity contribution is 5.78. The van der Waals surface area contributed by atoms with E-state index in [0.29, 0.717) is 0 Å². The molecule has 2 rings (SSSR count). The molecule has 1 aromatic carbocycles. The van der Waals surface area contributed by atoms with E-state index in [1.54, 1.807) is 0 Å². The van der Waals surface area contributed by atoms with E-state index in [9.17, 15) is 17.6 Å². The predicted octanol–water partition coefficient (Wildman–Crippen LogP) is 3.49. The van der Waals surface area contributed by atoms with Gasteiger partial charge in [0.05, 0.1) is 11.3 Å². The second kappa shape index (κ2) is 4.29. The molecular formula is C12H8F4N2. The van der Waals surface area contributed by atoms with Crippen LogP contribution in [0.25, 0.3) is 11.1 Å². The molecule has 0 atom stereocenters. The van der Waals surface area contributed by atoms with E-state index in [0.717, 1.165) is 24.5 Å². The van der Waals surface area contributed by atoms with Crippen LogP contribution in [0.4, 0.5) is 23.2 Å². The highest BCUT2D eigenvalue weighted by atomic mass is 19.4. The van der Waals surface area contributed by atoms with Crippen molar-refractivity contribution in [1.82, 2.24) is 4.98 Å². The number of para-hydroxylation sites is 1. The Balaban J connectivity index is 2.69. The minimum atomic E-state index is -4.54. The number of halogens is 4. The zero-order chi connectivity index (χ0) is 13.3. The lowest BCUT2D eigenvalue weighted by Crippen LogP contribution is -2.08. The van der Waals surface area contributed by atoms with Crippen LogP contribution in [0.3, 0.4) is 0 Å². The Kier molecular flexibility index (Phi) is 2.94. The van der Waals surface area contributed by atoms with Crippen molar-refractivity contribution < 1.29 is 17.6 Å². The summed E-state index contributed by atoms with van der Waals surface area (Å²) in [7, 11) is 0. The second-order valence-corrected chi connectivity index (χ2v) is 3.62. The van der Waals surface area contributed by atoms with Crippen molar-refractivity contribution in [3.8, 4) is 11.1 Å². The number of anilines is 1. The van der Waals surface area contributed by atoms with Gasteiger partial charge in [0.1, 0.15) is 5.82 Å². The molecule has 18 heavy (non-hydrogen) atoms. The monoisotopic (exact) mass is 256 g/mol. The number of nitrogens with zero attached hydrogens (tertiary/aromatic N) is 1. The summed E-state index contributed by atoms with van der Waals surface area (Å²) in [6, 6.07) is 4.54. The molecule has 0 aliphatic carbocycles. The van der Waals surface area contributed by atoms with Crippen molar-refractivity contribution in [2.45, 2.75) is 6.18 Å². The van der Waals surface area contributed by atoms with Crippen LogP contribution in [0.5, 0.6) is 0 Å². The topological polar surface area (TPSA) is 38.9 Å². The molecule has 0 fully saturated rings. The average molecular weight is 256 g/mol. The molecule has 0 radical (unpaired) electrons. The van der Waals surface area contributed by atoms with Crippen molar-refractivity contribution in [3.05, 3.63) is 48.0 Å². The van der Waals surface area contributed by atoms with Gasteiger partial charge in [0.15, 0.2) is 0 Å². The van der Waals surface area contributed by atoms with Gasteiger partial charge < -0.3 is 5.73 Å². The van der Waals surface area contributed by atoms with Crippen LogP contribution in [-0.4, -0.2) is 4.98 Å². The third kappa shape index (κ3) is 2.13. The van der Waals surface area contributed by atoms with Gasteiger partial charge in [-0.1, -0.05) is 12.1 Å². The van der Waals surface area contributed by atoms with Gasteiger partial charge in [-0.25, -0.2) is 4.39 Å². The standard InChI is InChI=1S/C12H8F4N2/c13-10-3-1-2-7(11(10)17)8-6-18-5-4-9(8)12(14,15)16/h1-6H,17H2. The van der Waals surface area contributed by atoms with Crippen LogP contribution in [0, 0.1) is 5.82 Å². The lowest BCUT2D eigenvalue weighted by molar-refractivity contribution is -0.137. The third-order valence-corrected chi connectivity index (χ3v) is 2.47. The fourth-order valence-electron chi connectivity index (χ4n) is 1.63. The number of nitrogens with two attached hydrogens (primary N) is 1. The molecule has 1 heterocycles. The van der Waals surface area contributed by atoms with Gasteiger partial charge in [-0.05, 0) is 12.1 Å². The Labute approximate surface area is 100 Å². The Morgan fingerprint density at radius 3 is 2.44 bits per heavy atom. The molecule has 0 unspecified atom stereocenters. The van der Waals surface area contributed by atoms with Crippen LogP contribution in [0.15, 0.2) is 36.7 Å². The summed E-state index contributed by atoms with van der Waals surface area (Å²) in [5, 5.41) is 0. The molecule has 2 aromatic rings. The summed E-state index contributed by atoms with van der Waals surface area (Å²) in [5.41, 5.74) is 3.99. The van der Waals surface area contributed by atoms with Crippen LogP contribution in [0.2, 0.25) is 0 Å². The molecule has 0 saturated heterocycles. The molecule has 94 valence electrons. The lowest BCUT2D eigenvalue weighted by atomic mass is 10.00. The molecule has 0 bridgehead atoms. The second-order valence-electron chi connectivity index (χ2n) is 3.62. The molecule has 0 amide bonds. The molecule has 0 saturated carbocycles. The molecule has 6 heteroatoms. The van der Waals surface area contributed by atoms with Gasteiger partial charge in [-0.15, -0.1) is 0 Å². The van der Waals surface area contributed by atoms with Crippen molar-refractivity contribution >= 4 is 5.69 Å². The number of alkyl halides is 3. The largest absolute Gasteiger partial charge is 0.417 e. The number of hydrogen-bond donors (Lipinski definition) is 1. The van der Waals surface area contributed by atoms with E-state index < -0.39 is 17.6 Å². The highest BCUT2D eigenvalue weighted by Gasteiger charge is 2.34. The predicted molar refractivity (Wildman–Crippen MR) is 59.0 cm³/mol. The first-order chi connectivity index (χ1) is 8.41. The van der Waals surface area contributed by atoms with Crippen LogP contribution < -0.4 is 5.73 Å². The molecule has 2 N–H and O–H groups in total. The summed E-state index contributed by atoms with van der Waals surface area (Å²) in [4.78, 5) is 3.63. The molecule has 0 aliphatic heterocycles. The first kappa shape index (κ1) is 12.3. The number of pyridine rings is 1. The number of benzene rings is 1. The molecule has 0 aliphatic rings. The summed E-state index contributed by atoms with van der Waals surface area (Å²) in [6.45, 7) is 0. The minimum absolute atomic E-state index is 0.0181. The number of hydrogen-bond acceptors (Lipinski definition) is 2. The molecule has 1 aromatic heterocycles. The van der Waals surface area contributed by atoms with E-state index >= 15 is 0 Å². The Morgan fingerprint density at radius 1 is 1.06 bits per heavy atom. The van der Waals surface area contributed by atoms with Gasteiger partial charge in [0.25, 0.3) is 0 Å². The average Bonchev–Trinajstić information content (AvgIpc) is 2.32. The lowest BCUT2D eigenvalue weighted by Gasteiger charge is -2.13. The molecular weight excluding hydrogens is 248 g/mol. The van der Waals surface area contributed by atoms with Gasteiger partial charge in [0.2, 0.25) is 0 Å². The Morgan fingerprint density at radius 2 is 1.78 bits per heavy atom. The molecule has 2 nitrogen and oxygen atoms in total. The first-order valence-electron chi connectivity index (χ1n) is 4.97. The maximum atomic E-state index is 13.3. The minimum Gasteiger partial charge on any atom is -0.396 e. The van der Waals surface area contributed by atoms with E-state index in [1.165, 1.54) is 12.1 Å². The summed E-state index contributed by atoms with van der Waals surface area (Å²) in [5.74, 6) is -0.760. The SMILES string of the molecule is Nc1c(F)cccc1-c1cnccc1C(F)(F)F. The smallest absolute Gasteiger partial charge is 0.396 e. The fourth-order valence-corrected chi connectivity index (χ4v) is 1.63. The Bertz CT molecular complexity index is 579. The van der Waals surface area contributed by atoms with Gasteiger partial charge in [-0.2, -0.15) is 13.2 Å². The Hall–Kier alpha value is -2.11. The summed E-state index contributed by atoms with van der Waals surface area (Å²) < 4.78 is 51.7.